The second-order valence-corrected chi connectivity index (χ2v) is 23.5. The molecule has 3 saturated heterocycles. The number of H-pyrrole nitrogens is 2. The minimum absolute atomic E-state index is 0.0119. The lowest BCUT2D eigenvalue weighted by Crippen LogP contribution is -2.39. The zero-order valence-electron chi connectivity index (χ0n) is 40.6. The SMILES string of the molecule is CNC(=O)CC1[C@@H](O)C(n2c[n+](C)c3c(=O)[nH]c(N)nc32)O[C@@H]1COP(=O)(O)OP(=O)(O)OP(=O)(O)OC[C@H]1O[C@@H](n2cnc3c(N)ncnc32)[C@H](OC)[C@@H]1OP(=O)([O-])OC[C@H]1O[C@@H](n2cnc3c(=O)[nH]c(N)nc32)[C@H](O)[C@@H]1O. The molecule has 15 N–H and O–H groups in total. The number of aromatic amines is 2. The Bertz CT molecular complexity index is 3620. The number of anilines is 3. The van der Waals surface area contributed by atoms with E-state index in [9.17, 15) is 67.5 Å². The number of fused-ring (bicyclic) bond motifs is 3. The molecule has 79 heavy (non-hydrogen) atoms. The summed E-state index contributed by atoms with van der Waals surface area (Å²) in [4.78, 5) is 111. The molecule has 9 rings (SSSR count). The molecule has 3 aliphatic rings. The number of imidazole rings is 3. The van der Waals surface area contributed by atoms with Gasteiger partial charge in [-0.25, -0.2) is 38.2 Å². The molecule has 6 unspecified atom stereocenters. The summed E-state index contributed by atoms with van der Waals surface area (Å²) in [5, 5.41) is 35.5. The van der Waals surface area contributed by atoms with Crippen LogP contribution in [-0.2, 0) is 75.8 Å². The highest BCUT2D eigenvalue weighted by Gasteiger charge is 2.53. The summed E-state index contributed by atoms with van der Waals surface area (Å²) in [6.45, 7) is -3.42. The molecule has 432 valence electrons. The van der Waals surface area contributed by atoms with Gasteiger partial charge in [-0.05, 0) is 0 Å². The zero-order chi connectivity index (χ0) is 57.3. The lowest BCUT2D eigenvalue weighted by molar-refractivity contribution is -0.646. The van der Waals surface area contributed by atoms with Crippen LogP contribution >= 0.6 is 31.3 Å². The highest BCUT2D eigenvalue weighted by atomic mass is 31.3. The number of aryl methyl sites for hydroxylation is 1. The number of nitrogens with zero attached hydrogens (tertiary/aromatic N) is 10. The normalized spacial score (nSPS) is 29.4. The predicted molar refractivity (Wildman–Crippen MR) is 253 cm³/mol. The maximum absolute atomic E-state index is 13.6. The Morgan fingerprint density at radius 3 is 1.96 bits per heavy atom. The number of nitrogens with two attached hydrogens (primary N) is 3. The van der Waals surface area contributed by atoms with Crippen LogP contribution in [0.25, 0.3) is 33.5 Å². The molecule has 6 aromatic rings. The zero-order valence-corrected chi connectivity index (χ0v) is 44.2. The third-order valence-electron chi connectivity index (χ3n) is 12.4. The van der Waals surface area contributed by atoms with Gasteiger partial charge in [-0.1, -0.05) is 0 Å². The number of carbonyl (C=O) groups excluding carboxylic acids is 1. The van der Waals surface area contributed by atoms with Crippen LogP contribution in [0.1, 0.15) is 25.1 Å². The van der Waals surface area contributed by atoms with E-state index in [1.54, 1.807) is 0 Å². The molecule has 1 amide bonds. The van der Waals surface area contributed by atoms with E-state index in [-0.39, 0.29) is 51.2 Å². The average Bonchev–Trinajstić information content (AvgIpc) is 4.31. The number of methoxy groups -OCH3 is 1. The van der Waals surface area contributed by atoms with Crippen LogP contribution in [0, 0.1) is 5.92 Å². The Balaban J connectivity index is 0.876. The van der Waals surface area contributed by atoms with E-state index in [4.69, 9.17) is 54.2 Å². The first-order valence-electron chi connectivity index (χ1n) is 22.6. The molecule has 3 fully saturated rings. The summed E-state index contributed by atoms with van der Waals surface area (Å²) in [5.41, 5.74) is 15.5. The molecule has 0 aliphatic carbocycles. The van der Waals surface area contributed by atoms with Crippen molar-refractivity contribution in [3.63, 3.8) is 0 Å². The highest BCUT2D eigenvalue weighted by molar-refractivity contribution is 7.66. The Morgan fingerprint density at radius 2 is 1.30 bits per heavy atom. The molecule has 0 aromatic carbocycles. The van der Waals surface area contributed by atoms with Crippen LogP contribution in [-0.4, -0.2) is 172 Å². The summed E-state index contributed by atoms with van der Waals surface area (Å²) >= 11 is 0. The molecule has 6 aromatic heterocycles. The van der Waals surface area contributed by atoms with Gasteiger partial charge in [0.15, 0.2) is 35.1 Å². The Morgan fingerprint density at radius 1 is 0.734 bits per heavy atom. The van der Waals surface area contributed by atoms with Gasteiger partial charge >= 0.3 is 29.0 Å². The summed E-state index contributed by atoms with van der Waals surface area (Å²) in [7, 11) is -20.0. The van der Waals surface area contributed by atoms with E-state index in [0.29, 0.717) is 0 Å². The number of phosphoric ester groups is 3. The third-order valence-corrected chi connectivity index (χ3v) is 17.7. The third kappa shape index (κ3) is 11.9. The smallest absolute Gasteiger partial charge is 0.490 e. The van der Waals surface area contributed by atoms with E-state index >= 15 is 0 Å². The van der Waals surface area contributed by atoms with Gasteiger partial charge in [-0.15, -0.1) is 0 Å². The number of hydrogen-bond acceptors (Lipinski definition) is 30. The first-order valence-corrected chi connectivity index (χ1v) is 28.5. The predicted octanol–water partition coefficient (Wildman–Crippen LogP) is -4.95. The van der Waals surface area contributed by atoms with E-state index in [1.807, 2.05) is 0 Å². The number of aromatic nitrogens is 12. The van der Waals surface area contributed by atoms with Gasteiger partial charge in [0.05, 0.1) is 45.6 Å². The fourth-order valence-electron chi connectivity index (χ4n) is 8.94. The van der Waals surface area contributed by atoms with Crippen molar-refractivity contribution in [2.24, 2.45) is 13.0 Å². The molecular formula is C35H48N16O24P4. The minimum Gasteiger partial charge on any atom is -0.756 e. The standard InChI is InChI=1S/C35H48N16O24P4/c1-39-16(52)4-12-13(70-31(20(12)53)51-11-48(2)19-28(51)45-35(38)47-30(19)57)5-68-77(60,61)74-79(64,65)75-78(62,63)69-7-15-23(24(66-3)33(72-15)49-9-42-17-25(36)40-8-41-26(17)49)73-76(58,59)67-6-14-21(54)22(55)32(71-14)50-10-43-18-27(50)44-34(37)46-29(18)56/h8-15,20-24,31-33,53-55H,4-7H2,1-3H3,(H12-,36,37,38,39,40,41,44,45,46,47,52,56,57,58,59,60,61,62,63,64,65)/t12?,13-,14-,15-,20-,21-,22-,23-,24-,31?,32-,33-/m1/s1. The molecular weight excluding hydrogens is 1150 g/mol. The fraction of sp³-hybridized carbons (Fsp3) is 0.543. The molecule has 0 radical (unpaired) electrons. The highest BCUT2D eigenvalue weighted by Crippen LogP contribution is 2.68. The van der Waals surface area contributed by atoms with E-state index in [1.165, 1.54) is 34.1 Å². The maximum atomic E-state index is 13.6. The molecule has 0 spiro atoms. The largest absolute Gasteiger partial charge is 0.756 e. The summed E-state index contributed by atoms with van der Waals surface area (Å²) in [5.74, 6) is -2.63. The number of phosphoric acid groups is 4. The van der Waals surface area contributed by atoms with Gasteiger partial charge in [-0.2, -0.15) is 23.2 Å². The average molecular weight is 1200 g/mol. The second kappa shape index (κ2) is 22.0. The van der Waals surface area contributed by atoms with E-state index in [2.05, 4.69) is 53.8 Å². The fourth-order valence-corrected chi connectivity index (χ4v) is 13.4. The number of nitrogens with one attached hydrogen (secondary N) is 3. The quantitative estimate of drug-likeness (QED) is 0.0237. The number of aliphatic hydroxyl groups is 3. The number of aliphatic hydroxyl groups excluding tert-OH is 3. The first kappa shape index (κ1) is 58.0. The van der Waals surface area contributed by atoms with Gasteiger partial charge < -0.3 is 85.4 Å². The number of amides is 1. The van der Waals surface area contributed by atoms with Crippen molar-refractivity contribution in [3.8, 4) is 0 Å². The molecule has 9 heterocycles. The van der Waals surface area contributed by atoms with Crippen molar-refractivity contribution >= 4 is 88.4 Å². The minimum atomic E-state index is -6.24. The number of nitrogen functional groups attached to an aromatic ring is 3. The van der Waals surface area contributed by atoms with E-state index in [0.717, 1.165) is 30.7 Å². The maximum Gasteiger partial charge on any atom is 0.490 e. The lowest BCUT2D eigenvalue weighted by atomic mass is 9.94. The first-order chi connectivity index (χ1) is 37.1. The van der Waals surface area contributed by atoms with Gasteiger partial charge in [0, 0.05) is 26.5 Å². The Kier molecular flexibility index (Phi) is 16.2. The van der Waals surface area contributed by atoms with Crippen molar-refractivity contribution in [1.29, 1.82) is 0 Å². The van der Waals surface area contributed by atoms with E-state index < -0.39 is 148 Å². The summed E-state index contributed by atoms with van der Waals surface area (Å²) in [6.07, 6.45) is -14.3. The Hall–Kier alpha value is -5.64. The van der Waals surface area contributed by atoms with Gasteiger partial charge in [0.1, 0.15) is 54.6 Å². The van der Waals surface area contributed by atoms with Crippen LogP contribution in [0.4, 0.5) is 17.7 Å². The summed E-state index contributed by atoms with van der Waals surface area (Å²) < 4.78 is 110. The van der Waals surface area contributed by atoms with Gasteiger partial charge in [0.25, 0.3) is 24.5 Å². The number of carbonyl (C=O) groups is 1. The Labute approximate surface area is 438 Å². The molecule has 40 nitrogen and oxygen atoms in total. The van der Waals surface area contributed by atoms with Crippen LogP contribution in [0.5, 0.6) is 0 Å². The molecule has 3 aliphatic heterocycles. The second-order valence-electron chi connectivity index (χ2n) is 17.5. The molecule has 0 saturated carbocycles. The molecule has 0 bridgehead atoms. The van der Waals surface area contributed by atoms with Gasteiger partial charge in [0.2, 0.25) is 30.4 Å². The molecule has 44 heteroatoms. The monoisotopic (exact) mass is 1200 g/mol. The van der Waals surface area contributed by atoms with Crippen LogP contribution in [0.15, 0.2) is 34.9 Å². The lowest BCUT2D eigenvalue weighted by Gasteiger charge is -2.31. The van der Waals surface area contributed by atoms with Crippen LogP contribution in [0.2, 0.25) is 0 Å². The van der Waals surface area contributed by atoms with Crippen molar-refractivity contribution in [2.75, 3.05) is 51.2 Å². The topological polar surface area (TPSA) is 574 Å². The van der Waals surface area contributed by atoms with Crippen molar-refractivity contribution in [2.45, 2.75) is 73.9 Å². The molecule has 16 atom stereocenters. The van der Waals surface area contributed by atoms with Crippen LogP contribution < -0.4 is 43.1 Å². The summed E-state index contributed by atoms with van der Waals surface area (Å²) in [6, 6.07) is 0. The van der Waals surface area contributed by atoms with Crippen molar-refractivity contribution in [3.05, 3.63) is 46.0 Å². The number of ether oxygens (including phenoxy) is 4. The van der Waals surface area contributed by atoms with Crippen molar-refractivity contribution < 1.29 is 108 Å². The number of rotatable bonds is 21. The van der Waals surface area contributed by atoms with Gasteiger partial charge in [-0.3, -0.25) is 47.1 Å². The van der Waals surface area contributed by atoms with Crippen molar-refractivity contribution in [1.82, 2.24) is 58.9 Å². The van der Waals surface area contributed by atoms with Crippen LogP contribution in [0.3, 0.4) is 0 Å². The number of hydrogen-bond donors (Lipinski definition) is 12.